The van der Waals surface area contributed by atoms with Crippen LogP contribution >= 0.6 is 15.9 Å². The van der Waals surface area contributed by atoms with Crippen LogP contribution in [0, 0.1) is 0 Å². The van der Waals surface area contributed by atoms with Gasteiger partial charge >= 0.3 is 17.9 Å². The topological polar surface area (TPSA) is 124 Å². The van der Waals surface area contributed by atoms with E-state index >= 15 is 0 Å². The third-order valence-electron chi connectivity index (χ3n) is 9.35. The van der Waals surface area contributed by atoms with Gasteiger partial charge in [-0.3, -0.25) is 4.79 Å². The number of ether oxygens (including phenoxy) is 2. The van der Waals surface area contributed by atoms with Gasteiger partial charge in [-0.2, -0.15) is 0 Å². The lowest BCUT2D eigenvalue weighted by Gasteiger charge is -2.13. The summed E-state index contributed by atoms with van der Waals surface area (Å²) in [6.07, 6.45) is 12.9. The minimum atomic E-state index is -0.932. The van der Waals surface area contributed by atoms with Crippen LogP contribution in [0.3, 0.4) is 0 Å². The van der Waals surface area contributed by atoms with Gasteiger partial charge in [0.25, 0.3) is 0 Å². The standard InChI is InChI=1S/C21H21NO5.C15H16BrNO2/c1-26-21(25)14-6-7-16-17(10-14)22(11-18(23)24)20(15-8-9-27-12-15)19(16)13-4-2-3-5-13;1-19-15(18)10-6-7-11-12(8-10)17-14(16)13(11)9-4-2-3-5-9/h6-10,12-13H,2-5,11H2,1H3,(H,23,24);6-9,17H,2-5H2,1H3. The highest BCUT2D eigenvalue weighted by Crippen LogP contribution is 2.45. The fourth-order valence-corrected chi connectivity index (χ4v) is 8.05. The van der Waals surface area contributed by atoms with E-state index in [4.69, 9.17) is 13.9 Å². The number of aromatic amines is 1. The lowest BCUT2D eigenvalue weighted by molar-refractivity contribution is -0.137. The van der Waals surface area contributed by atoms with Crippen LogP contribution in [-0.2, 0) is 20.8 Å². The number of benzene rings is 2. The van der Waals surface area contributed by atoms with Crippen molar-refractivity contribution in [2.75, 3.05) is 14.2 Å². The van der Waals surface area contributed by atoms with Crippen molar-refractivity contribution < 1.29 is 33.4 Å². The maximum absolute atomic E-state index is 12.0. The number of H-pyrrole nitrogens is 1. The number of carbonyl (C=O) groups excluding carboxylic acids is 2. The zero-order valence-corrected chi connectivity index (χ0v) is 27.5. The number of fused-ring (bicyclic) bond motifs is 2. The average Bonchev–Trinajstić information content (AvgIpc) is 3.90. The first kappa shape index (κ1) is 31.7. The van der Waals surface area contributed by atoms with Gasteiger partial charge < -0.3 is 28.5 Å². The van der Waals surface area contributed by atoms with E-state index in [1.54, 1.807) is 29.2 Å². The summed E-state index contributed by atoms with van der Waals surface area (Å²) in [6, 6.07) is 13.0. The summed E-state index contributed by atoms with van der Waals surface area (Å²) in [5, 5.41) is 11.7. The fraction of sp³-hybridized carbons (Fsp3) is 0.361. The molecular formula is C36H37BrN2O7. The minimum absolute atomic E-state index is 0.186. The molecule has 0 spiro atoms. The number of carboxylic acid groups (broad SMARTS) is 1. The molecule has 2 aromatic carbocycles. The molecule has 2 fully saturated rings. The number of rotatable bonds is 7. The second-order valence-corrected chi connectivity index (χ2v) is 12.8. The summed E-state index contributed by atoms with van der Waals surface area (Å²) in [6.45, 7) is -0.186. The van der Waals surface area contributed by atoms with Gasteiger partial charge in [0.1, 0.15) is 6.54 Å². The highest BCUT2D eigenvalue weighted by Gasteiger charge is 2.29. The largest absolute Gasteiger partial charge is 0.480 e. The van der Waals surface area contributed by atoms with Crippen LogP contribution in [0.15, 0.2) is 64.0 Å². The van der Waals surface area contributed by atoms with Crippen LogP contribution in [0.2, 0.25) is 0 Å². The highest BCUT2D eigenvalue weighted by molar-refractivity contribution is 9.10. The minimum Gasteiger partial charge on any atom is -0.480 e. The number of nitrogens with zero attached hydrogens (tertiary/aromatic N) is 1. The first-order valence-corrected chi connectivity index (χ1v) is 16.5. The van der Waals surface area contributed by atoms with Crippen LogP contribution in [0.25, 0.3) is 33.1 Å². The van der Waals surface area contributed by atoms with Crippen LogP contribution in [-0.4, -0.2) is 46.8 Å². The Balaban J connectivity index is 0.000000172. The Labute approximate surface area is 275 Å². The van der Waals surface area contributed by atoms with E-state index in [0.717, 1.165) is 50.7 Å². The van der Waals surface area contributed by atoms with Gasteiger partial charge in [0, 0.05) is 21.9 Å². The SMILES string of the molecule is COC(=O)c1ccc2c(C3CCCC3)c(-c3ccoc3)n(CC(=O)O)c2c1.COC(=O)c1ccc2c(C3CCCC3)c(Br)[nH]c2c1. The van der Waals surface area contributed by atoms with E-state index in [1.807, 2.05) is 30.3 Å². The van der Waals surface area contributed by atoms with Crippen molar-refractivity contribution in [1.29, 1.82) is 0 Å². The van der Waals surface area contributed by atoms with Gasteiger partial charge in [-0.15, -0.1) is 0 Å². The Bertz CT molecular complexity index is 1890. The molecule has 2 N–H and O–H groups in total. The number of halogens is 1. The summed E-state index contributed by atoms with van der Waals surface area (Å²) in [7, 11) is 2.74. The first-order valence-electron chi connectivity index (χ1n) is 15.7. The summed E-state index contributed by atoms with van der Waals surface area (Å²) in [5.74, 6) is -0.663. The van der Waals surface area contributed by atoms with Crippen molar-refractivity contribution in [3.05, 3.63) is 81.8 Å². The van der Waals surface area contributed by atoms with Crippen molar-refractivity contribution in [1.82, 2.24) is 9.55 Å². The summed E-state index contributed by atoms with van der Waals surface area (Å²) < 4.78 is 17.7. The second-order valence-electron chi connectivity index (χ2n) is 12.0. The summed E-state index contributed by atoms with van der Waals surface area (Å²) >= 11 is 3.63. The van der Waals surface area contributed by atoms with Crippen molar-refractivity contribution >= 4 is 55.6 Å². The molecule has 0 amide bonds. The number of carbonyl (C=O) groups is 3. The Kier molecular flexibility index (Phi) is 9.35. The van der Waals surface area contributed by atoms with E-state index in [0.29, 0.717) is 23.0 Å². The number of carboxylic acids is 1. The molecule has 0 radical (unpaired) electrons. The Morgan fingerprint density at radius 1 is 0.870 bits per heavy atom. The zero-order valence-electron chi connectivity index (χ0n) is 25.9. The van der Waals surface area contributed by atoms with E-state index in [1.165, 1.54) is 63.7 Å². The molecule has 3 heterocycles. The number of methoxy groups -OCH3 is 2. The van der Waals surface area contributed by atoms with Gasteiger partial charge in [0.2, 0.25) is 0 Å². The average molecular weight is 690 g/mol. The van der Waals surface area contributed by atoms with Crippen LogP contribution in [0.1, 0.15) is 95.0 Å². The number of esters is 2. The van der Waals surface area contributed by atoms with Crippen molar-refractivity contribution in [2.24, 2.45) is 0 Å². The second kappa shape index (κ2) is 13.6. The number of nitrogens with one attached hydrogen (secondary N) is 1. The van der Waals surface area contributed by atoms with E-state index < -0.39 is 11.9 Å². The maximum Gasteiger partial charge on any atom is 0.337 e. The lowest BCUT2D eigenvalue weighted by atomic mass is 9.92. The molecule has 0 atom stereocenters. The number of furan rings is 1. The van der Waals surface area contributed by atoms with Gasteiger partial charge in [-0.1, -0.05) is 37.8 Å². The van der Waals surface area contributed by atoms with E-state index in [2.05, 4.69) is 20.9 Å². The van der Waals surface area contributed by atoms with Gasteiger partial charge in [0.05, 0.1) is 53.7 Å². The van der Waals surface area contributed by atoms with Gasteiger partial charge in [0.15, 0.2) is 0 Å². The van der Waals surface area contributed by atoms with Crippen LogP contribution in [0.4, 0.5) is 0 Å². The first-order chi connectivity index (χ1) is 22.3. The quantitative estimate of drug-likeness (QED) is 0.164. The third-order valence-corrected chi connectivity index (χ3v) is 9.98. The molecule has 7 rings (SSSR count). The lowest BCUT2D eigenvalue weighted by Crippen LogP contribution is -2.10. The monoisotopic (exact) mass is 688 g/mol. The van der Waals surface area contributed by atoms with E-state index in [9.17, 15) is 19.5 Å². The molecule has 0 saturated heterocycles. The number of aliphatic carboxylic acids is 1. The molecule has 10 heteroatoms. The molecule has 9 nitrogen and oxygen atoms in total. The predicted octanol–water partition coefficient (Wildman–Crippen LogP) is 8.80. The van der Waals surface area contributed by atoms with Crippen LogP contribution < -0.4 is 0 Å². The molecule has 0 bridgehead atoms. The number of hydrogen-bond donors (Lipinski definition) is 2. The summed E-state index contributed by atoms with van der Waals surface area (Å²) in [4.78, 5) is 38.5. The Hall–Kier alpha value is -4.31. The van der Waals surface area contributed by atoms with Crippen LogP contribution in [0.5, 0.6) is 0 Å². The normalized spacial score (nSPS) is 15.3. The fourth-order valence-electron chi connectivity index (χ4n) is 7.30. The summed E-state index contributed by atoms with van der Waals surface area (Å²) in [5.41, 5.74) is 6.97. The maximum atomic E-state index is 12.0. The molecule has 3 aromatic heterocycles. The molecule has 5 aromatic rings. The van der Waals surface area contributed by atoms with Gasteiger partial charge in [-0.25, -0.2) is 9.59 Å². The smallest absolute Gasteiger partial charge is 0.337 e. The molecule has 2 aliphatic carbocycles. The molecule has 240 valence electrons. The molecule has 0 unspecified atom stereocenters. The number of aromatic nitrogens is 2. The van der Waals surface area contributed by atoms with E-state index in [-0.39, 0.29) is 12.5 Å². The van der Waals surface area contributed by atoms with Crippen molar-refractivity contribution in [2.45, 2.75) is 69.7 Å². The molecule has 46 heavy (non-hydrogen) atoms. The van der Waals surface area contributed by atoms with Crippen molar-refractivity contribution in [3.63, 3.8) is 0 Å². The Morgan fingerprint density at radius 2 is 1.46 bits per heavy atom. The predicted molar refractivity (Wildman–Crippen MR) is 178 cm³/mol. The van der Waals surface area contributed by atoms with Gasteiger partial charge in [-0.05, 0) is 94.9 Å². The molecule has 2 saturated carbocycles. The molecule has 0 aliphatic heterocycles. The molecule has 2 aliphatic rings. The molecular weight excluding hydrogens is 652 g/mol. The number of hydrogen-bond acceptors (Lipinski definition) is 6. The zero-order chi connectivity index (χ0) is 32.4. The Morgan fingerprint density at radius 3 is 2.02 bits per heavy atom. The third kappa shape index (κ3) is 6.10. The van der Waals surface area contributed by atoms with Crippen molar-refractivity contribution in [3.8, 4) is 11.3 Å². The highest BCUT2D eigenvalue weighted by atomic mass is 79.9.